The number of hydrogen-bond acceptors (Lipinski definition) is 3. The summed E-state index contributed by atoms with van der Waals surface area (Å²) in [7, 11) is 0. The molecule has 1 rings (SSSR count). The minimum atomic E-state index is -1.02. The van der Waals surface area contributed by atoms with Gasteiger partial charge in [-0.05, 0) is 37.5 Å². The molecule has 1 amide bonds. The van der Waals surface area contributed by atoms with Crippen LogP contribution in [-0.4, -0.2) is 22.3 Å². The van der Waals surface area contributed by atoms with Crippen LogP contribution >= 0.6 is 0 Å². The molecule has 0 bridgehead atoms. The van der Waals surface area contributed by atoms with Crippen LogP contribution < -0.4 is 11.1 Å². The van der Waals surface area contributed by atoms with Crippen molar-refractivity contribution in [1.82, 2.24) is 5.32 Å². The van der Waals surface area contributed by atoms with Crippen molar-refractivity contribution in [1.29, 1.82) is 0 Å². The van der Waals surface area contributed by atoms with Crippen LogP contribution in [0.1, 0.15) is 18.9 Å². The number of nitrogens with one attached hydrogen (secondary N) is 1. The molecule has 0 radical (unpaired) electrons. The van der Waals surface area contributed by atoms with Gasteiger partial charge in [0.25, 0.3) is 0 Å². The minimum absolute atomic E-state index is 0.0661. The van der Waals surface area contributed by atoms with Crippen LogP contribution in [-0.2, 0) is 6.42 Å². The van der Waals surface area contributed by atoms with Crippen molar-refractivity contribution in [3.05, 3.63) is 23.8 Å². The summed E-state index contributed by atoms with van der Waals surface area (Å²) in [5.74, 6) is 0.0661. The van der Waals surface area contributed by atoms with Crippen LogP contribution in [0.25, 0.3) is 0 Å². The molecule has 0 aliphatic heterocycles. The summed E-state index contributed by atoms with van der Waals surface area (Å²) in [4.78, 5) is 10.4. The number of aromatic hydroxyl groups is 1. The molecule has 0 fully saturated rings. The van der Waals surface area contributed by atoms with Crippen molar-refractivity contribution in [2.75, 3.05) is 5.73 Å². The third kappa shape index (κ3) is 3.68. The van der Waals surface area contributed by atoms with Crippen LogP contribution in [0.4, 0.5) is 10.5 Å². The first kappa shape index (κ1) is 12.2. The van der Waals surface area contributed by atoms with E-state index in [0.717, 1.165) is 5.56 Å². The Hall–Kier alpha value is -1.91. The molecule has 1 aromatic rings. The summed E-state index contributed by atoms with van der Waals surface area (Å²) < 4.78 is 0. The molecule has 5 nitrogen and oxygen atoms in total. The number of amides is 1. The van der Waals surface area contributed by atoms with Crippen molar-refractivity contribution >= 4 is 11.8 Å². The van der Waals surface area contributed by atoms with Crippen molar-refractivity contribution in [2.45, 2.75) is 25.8 Å². The Morgan fingerprint density at radius 1 is 1.56 bits per heavy atom. The zero-order chi connectivity index (χ0) is 12.1. The molecule has 0 spiro atoms. The first-order valence-corrected chi connectivity index (χ1v) is 5.06. The van der Waals surface area contributed by atoms with Crippen LogP contribution in [0.5, 0.6) is 5.75 Å². The summed E-state index contributed by atoms with van der Waals surface area (Å²) in [5, 5.41) is 20.2. The Kier molecular flexibility index (Phi) is 3.99. The van der Waals surface area contributed by atoms with Crippen LogP contribution in [0, 0.1) is 0 Å². The van der Waals surface area contributed by atoms with E-state index in [1.54, 1.807) is 19.1 Å². The number of benzene rings is 1. The summed E-state index contributed by atoms with van der Waals surface area (Å²) in [6, 6.07) is 4.95. The molecule has 0 saturated carbocycles. The van der Waals surface area contributed by atoms with Gasteiger partial charge in [-0.2, -0.15) is 0 Å². The molecule has 88 valence electrons. The van der Waals surface area contributed by atoms with Gasteiger partial charge in [0, 0.05) is 6.04 Å². The number of nitrogen functional groups attached to an aromatic ring is 1. The number of phenols is 1. The summed E-state index contributed by atoms with van der Waals surface area (Å²) in [5.41, 5.74) is 6.75. The van der Waals surface area contributed by atoms with Gasteiger partial charge in [-0.3, -0.25) is 0 Å². The van der Waals surface area contributed by atoms with E-state index in [1.807, 2.05) is 6.07 Å². The highest BCUT2D eigenvalue weighted by atomic mass is 16.4. The first-order valence-electron chi connectivity index (χ1n) is 5.06. The number of anilines is 1. The van der Waals surface area contributed by atoms with Gasteiger partial charge in [0.15, 0.2) is 0 Å². The molecule has 1 atom stereocenters. The van der Waals surface area contributed by atoms with Crippen molar-refractivity contribution in [3.8, 4) is 5.75 Å². The molecule has 0 saturated heterocycles. The maximum atomic E-state index is 10.4. The van der Waals surface area contributed by atoms with E-state index in [2.05, 4.69) is 5.32 Å². The van der Waals surface area contributed by atoms with Gasteiger partial charge in [-0.15, -0.1) is 0 Å². The first-order chi connectivity index (χ1) is 7.49. The lowest BCUT2D eigenvalue weighted by atomic mass is 10.1. The standard InChI is InChI=1S/C11H16N2O3/c1-7(13-11(15)16)2-3-8-4-5-9(12)10(14)6-8/h4-7,13-14H,2-3,12H2,1H3,(H,15,16)/t7-/m0/s1. The SMILES string of the molecule is C[C@@H](CCc1ccc(N)c(O)c1)NC(=O)O. The highest BCUT2D eigenvalue weighted by molar-refractivity contribution is 5.64. The lowest BCUT2D eigenvalue weighted by molar-refractivity contribution is 0.190. The fourth-order valence-corrected chi connectivity index (χ4v) is 1.41. The van der Waals surface area contributed by atoms with Gasteiger partial charge in [0.05, 0.1) is 5.69 Å². The average Bonchev–Trinajstić information content (AvgIpc) is 2.19. The van der Waals surface area contributed by atoms with E-state index in [0.29, 0.717) is 18.5 Å². The van der Waals surface area contributed by atoms with E-state index < -0.39 is 6.09 Å². The zero-order valence-electron chi connectivity index (χ0n) is 9.10. The third-order valence-corrected chi connectivity index (χ3v) is 2.33. The Morgan fingerprint density at radius 3 is 2.81 bits per heavy atom. The molecule has 0 aromatic heterocycles. The molecule has 0 unspecified atom stereocenters. The fourth-order valence-electron chi connectivity index (χ4n) is 1.41. The van der Waals surface area contributed by atoms with Crippen molar-refractivity contribution in [2.24, 2.45) is 0 Å². The second kappa shape index (κ2) is 5.25. The van der Waals surface area contributed by atoms with E-state index in [1.165, 1.54) is 0 Å². The smallest absolute Gasteiger partial charge is 0.404 e. The normalized spacial score (nSPS) is 12.1. The number of hydrogen-bond donors (Lipinski definition) is 4. The molecule has 0 heterocycles. The summed E-state index contributed by atoms with van der Waals surface area (Å²) >= 11 is 0. The number of aryl methyl sites for hydroxylation is 1. The van der Waals surface area contributed by atoms with Gasteiger partial charge in [0.2, 0.25) is 0 Å². The van der Waals surface area contributed by atoms with Gasteiger partial charge in [0.1, 0.15) is 5.75 Å². The Labute approximate surface area is 93.9 Å². The number of nitrogens with two attached hydrogens (primary N) is 1. The highest BCUT2D eigenvalue weighted by Gasteiger charge is 2.06. The molecule has 0 aliphatic rings. The predicted octanol–water partition coefficient (Wildman–Crippen LogP) is 1.56. The van der Waals surface area contributed by atoms with Crippen LogP contribution in [0.2, 0.25) is 0 Å². The Balaban J connectivity index is 2.48. The third-order valence-electron chi connectivity index (χ3n) is 2.33. The Bertz CT molecular complexity index is 379. The van der Waals surface area contributed by atoms with Gasteiger partial charge in [-0.1, -0.05) is 6.07 Å². The van der Waals surface area contributed by atoms with E-state index in [-0.39, 0.29) is 11.8 Å². The summed E-state index contributed by atoms with van der Waals surface area (Å²) in [6.45, 7) is 1.80. The largest absolute Gasteiger partial charge is 0.506 e. The summed E-state index contributed by atoms with van der Waals surface area (Å²) in [6.07, 6.45) is 0.345. The molecule has 5 N–H and O–H groups in total. The molecular weight excluding hydrogens is 208 g/mol. The quantitative estimate of drug-likeness (QED) is 0.461. The second-order valence-corrected chi connectivity index (χ2v) is 3.78. The number of rotatable bonds is 4. The topological polar surface area (TPSA) is 95.6 Å². The monoisotopic (exact) mass is 224 g/mol. The van der Waals surface area contributed by atoms with E-state index in [4.69, 9.17) is 10.8 Å². The van der Waals surface area contributed by atoms with Crippen molar-refractivity contribution < 1.29 is 15.0 Å². The minimum Gasteiger partial charge on any atom is -0.506 e. The average molecular weight is 224 g/mol. The number of phenolic OH excluding ortho intramolecular Hbond substituents is 1. The van der Waals surface area contributed by atoms with Gasteiger partial charge in [-0.25, -0.2) is 4.79 Å². The number of carbonyl (C=O) groups is 1. The molecule has 16 heavy (non-hydrogen) atoms. The van der Waals surface area contributed by atoms with Crippen LogP contribution in [0.15, 0.2) is 18.2 Å². The highest BCUT2D eigenvalue weighted by Crippen LogP contribution is 2.21. The molecule has 0 aliphatic carbocycles. The zero-order valence-corrected chi connectivity index (χ0v) is 9.10. The van der Waals surface area contributed by atoms with Crippen molar-refractivity contribution in [3.63, 3.8) is 0 Å². The fraction of sp³-hybridized carbons (Fsp3) is 0.364. The maximum Gasteiger partial charge on any atom is 0.404 e. The maximum absolute atomic E-state index is 10.4. The second-order valence-electron chi connectivity index (χ2n) is 3.78. The van der Waals surface area contributed by atoms with E-state index >= 15 is 0 Å². The number of carboxylic acid groups (broad SMARTS) is 1. The lowest BCUT2D eigenvalue weighted by Gasteiger charge is -2.11. The molecule has 5 heteroatoms. The Morgan fingerprint density at radius 2 is 2.25 bits per heavy atom. The lowest BCUT2D eigenvalue weighted by Crippen LogP contribution is -2.31. The predicted molar refractivity (Wildman–Crippen MR) is 61.5 cm³/mol. The van der Waals surface area contributed by atoms with Gasteiger partial charge < -0.3 is 21.3 Å². The molecular formula is C11H16N2O3. The van der Waals surface area contributed by atoms with Crippen LogP contribution in [0.3, 0.4) is 0 Å². The molecule has 1 aromatic carbocycles. The van der Waals surface area contributed by atoms with Gasteiger partial charge >= 0.3 is 6.09 Å². The van der Waals surface area contributed by atoms with E-state index in [9.17, 15) is 9.90 Å².